The van der Waals surface area contributed by atoms with Gasteiger partial charge in [-0.15, -0.1) is 0 Å². The molecule has 144 valence electrons. The molecule has 0 heterocycles. The Morgan fingerprint density at radius 1 is 1.07 bits per heavy atom. The van der Waals surface area contributed by atoms with Crippen molar-refractivity contribution >= 4 is 17.0 Å². The van der Waals surface area contributed by atoms with Crippen molar-refractivity contribution in [1.29, 1.82) is 0 Å². The van der Waals surface area contributed by atoms with Crippen molar-refractivity contribution in [1.82, 2.24) is 5.01 Å². The molecule has 0 aliphatic heterocycles. The number of phenolic OH excluding ortho intramolecular Hbond substituents is 1. The smallest absolute Gasteiger partial charge is 0.125 e. The Labute approximate surface area is 165 Å². The summed E-state index contributed by atoms with van der Waals surface area (Å²) in [6.45, 7) is 2.01. The monoisotopic (exact) mass is 377 g/mol. The van der Waals surface area contributed by atoms with E-state index >= 15 is 0 Å². The molecule has 0 unspecified atom stereocenters. The molecule has 2 N–H and O–H groups in total. The van der Waals surface area contributed by atoms with Gasteiger partial charge in [-0.25, -0.2) is 9.40 Å². The van der Waals surface area contributed by atoms with Gasteiger partial charge in [-0.2, -0.15) is 0 Å². The fourth-order valence-electron chi connectivity index (χ4n) is 3.21. The largest absolute Gasteiger partial charge is 0.507 e. The third-order valence-electron chi connectivity index (χ3n) is 4.49. The fraction of sp³-hybridized carbons (Fsp3) is 0.174. The molecule has 0 fully saturated rings. The summed E-state index contributed by atoms with van der Waals surface area (Å²) in [7, 11) is 5.51. The topological polar surface area (TPSA) is 47.9 Å². The van der Waals surface area contributed by atoms with E-state index in [9.17, 15) is 9.50 Å². The highest BCUT2D eigenvalue weighted by Gasteiger charge is 2.18. The van der Waals surface area contributed by atoms with Crippen LogP contribution in [0.25, 0.3) is 5.57 Å². The molecule has 4 nitrogen and oxygen atoms in total. The number of rotatable bonds is 4. The van der Waals surface area contributed by atoms with Crippen molar-refractivity contribution in [3.05, 3.63) is 88.8 Å². The molecule has 0 bridgehead atoms. The average Bonchev–Trinajstić information content (AvgIpc) is 2.65. The molecule has 1 aliphatic carbocycles. The minimum Gasteiger partial charge on any atom is -0.507 e. The minimum atomic E-state index is -0.297. The van der Waals surface area contributed by atoms with Crippen LogP contribution in [0.4, 0.5) is 10.1 Å². The second-order valence-corrected chi connectivity index (χ2v) is 6.84. The molecular formula is C23H24FN3O. The number of anilines is 1. The van der Waals surface area contributed by atoms with Gasteiger partial charge in [-0.05, 0) is 60.1 Å². The summed E-state index contributed by atoms with van der Waals surface area (Å²) in [5, 5.41) is 12.6. The summed E-state index contributed by atoms with van der Waals surface area (Å²) < 4.78 is 13.5. The number of hydrogen-bond acceptors (Lipinski definition) is 4. The lowest BCUT2D eigenvalue weighted by Crippen LogP contribution is -2.19. The first-order chi connectivity index (χ1) is 13.4. The van der Waals surface area contributed by atoms with E-state index in [4.69, 9.17) is 0 Å². The molecule has 28 heavy (non-hydrogen) atoms. The Morgan fingerprint density at radius 2 is 1.79 bits per heavy atom. The number of phenols is 1. The van der Waals surface area contributed by atoms with Gasteiger partial charge in [0, 0.05) is 38.3 Å². The van der Waals surface area contributed by atoms with Gasteiger partial charge in [0.05, 0.1) is 11.4 Å². The Bertz CT molecular complexity index is 999. The summed E-state index contributed by atoms with van der Waals surface area (Å²) in [4.78, 5) is 4.22. The number of aromatic hydroxyl groups is 1. The van der Waals surface area contributed by atoms with Gasteiger partial charge in [0.2, 0.25) is 0 Å². The number of nitrogens with zero attached hydrogens (tertiary/aromatic N) is 2. The van der Waals surface area contributed by atoms with E-state index in [0.29, 0.717) is 5.56 Å². The molecule has 0 amide bonds. The Morgan fingerprint density at radius 3 is 2.36 bits per heavy atom. The average molecular weight is 377 g/mol. The molecule has 0 atom stereocenters. The lowest BCUT2D eigenvalue weighted by molar-refractivity contribution is 0.470. The van der Waals surface area contributed by atoms with Gasteiger partial charge >= 0.3 is 0 Å². The third kappa shape index (κ3) is 4.21. The summed E-state index contributed by atoms with van der Waals surface area (Å²) in [6, 6.07) is 11.8. The van der Waals surface area contributed by atoms with Crippen LogP contribution in [-0.2, 0) is 0 Å². The van der Waals surface area contributed by atoms with E-state index in [1.165, 1.54) is 12.1 Å². The lowest BCUT2D eigenvalue weighted by atomic mass is 9.87. The standard InChI is InChI=1S/C23H24FN3O/c1-15-13-18(25-2)9-11-20(15)23(16-5-7-17(24)8-6-16)21-12-10-19(14-22(21)28)26-27(3)4/h5-14,26,28H,1-4H3/b23-20-,25-18+. The molecule has 2 aromatic rings. The zero-order chi connectivity index (χ0) is 20.3. The van der Waals surface area contributed by atoms with E-state index in [0.717, 1.165) is 33.7 Å². The van der Waals surface area contributed by atoms with Crippen molar-refractivity contribution < 1.29 is 9.50 Å². The van der Waals surface area contributed by atoms with Crippen LogP contribution in [0.1, 0.15) is 18.1 Å². The van der Waals surface area contributed by atoms with Crippen LogP contribution in [0.2, 0.25) is 0 Å². The van der Waals surface area contributed by atoms with Crippen molar-refractivity contribution in [2.45, 2.75) is 6.92 Å². The molecule has 3 rings (SSSR count). The van der Waals surface area contributed by atoms with Gasteiger partial charge in [0.25, 0.3) is 0 Å². The second kappa shape index (κ2) is 8.23. The molecule has 0 saturated carbocycles. The molecule has 2 aromatic carbocycles. The zero-order valence-corrected chi connectivity index (χ0v) is 16.5. The normalized spacial score (nSPS) is 17.1. The SMILES string of the molecule is C/N=C1C=C/C(=C(\c2ccc(F)cc2)c2ccc(NN(C)C)cc2O)C(C)=C\1. The first-order valence-electron chi connectivity index (χ1n) is 9.00. The maximum Gasteiger partial charge on any atom is 0.125 e. The zero-order valence-electron chi connectivity index (χ0n) is 16.5. The van der Waals surface area contributed by atoms with Crippen molar-refractivity contribution in [2.24, 2.45) is 4.99 Å². The predicted octanol–water partition coefficient (Wildman–Crippen LogP) is 4.81. The number of nitrogens with one attached hydrogen (secondary N) is 1. The van der Waals surface area contributed by atoms with E-state index in [1.54, 1.807) is 30.3 Å². The fourth-order valence-corrected chi connectivity index (χ4v) is 3.21. The van der Waals surface area contributed by atoms with Crippen LogP contribution in [0.3, 0.4) is 0 Å². The van der Waals surface area contributed by atoms with Crippen LogP contribution in [0, 0.1) is 5.82 Å². The van der Waals surface area contributed by atoms with E-state index < -0.39 is 0 Å². The van der Waals surface area contributed by atoms with Crippen LogP contribution in [-0.4, -0.2) is 37.0 Å². The molecule has 0 aromatic heterocycles. The molecule has 0 radical (unpaired) electrons. The highest BCUT2D eigenvalue weighted by molar-refractivity contribution is 6.08. The number of hydrazine groups is 1. The lowest BCUT2D eigenvalue weighted by Gasteiger charge is -2.20. The van der Waals surface area contributed by atoms with E-state index in [2.05, 4.69) is 10.4 Å². The van der Waals surface area contributed by atoms with Crippen LogP contribution in [0.5, 0.6) is 5.75 Å². The van der Waals surface area contributed by atoms with Gasteiger partial charge in [-0.3, -0.25) is 4.99 Å². The van der Waals surface area contributed by atoms with E-state index in [-0.39, 0.29) is 11.6 Å². The predicted molar refractivity (Wildman–Crippen MR) is 114 cm³/mol. The summed E-state index contributed by atoms with van der Waals surface area (Å²) in [5.74, 6) is -0.149. The number of aliphatic imine (C=N–C) groups is 1. The second-order valence-electron chi connectivity index (χ2n) is 6.84. The Kier molecular flexibility index (Phi) is 5.76. The number of hydrogen-bond donors (Lipinski definition) is 2. The quantitative estimate of drug-likeness (QED) is 0.752. The maximum atomic E-state index is 13.5. The summed E-state index contributed by atoms with van der Waals surface area (Å²) in [5.41, 5.74) is 9.13. The Balaban J connectivity index is 2.20. The summed E-state index contributed by atoms with van der Waals surface area (Å²) in [6.07, 6.45) is 5.92. The van der Waals surface area contributed by atoms with Gasteiger partial charge in [-0.1, -0.05) is 18.2 Å². The highest BCUT2D eigenvalue weighted by Crippen LogP contribution is 2.38. The minimum absolute atomic E-state index is 0.148. The number of halogens is 1. The number of benzene rings is 2. The van der Waals surface area contributed by atoms with Crippen LogP contribution >= 0.6 is 0 Å². The Hall–Kier alpha value is -3.18. The van der Waals surface area contributed by atoms with E-state index in [1.807, 2.05) is 51.4 Å². The number of allylic oxidation sites excluding steroid dienone is 5. The molecule has 1 aliphatic rings. The van der Waals surface area contributed by atoms with Gasteiger partial charge in [0.1, 0.15) is 11.6 Å². The molecular weight excluding hydrogens is 353 g/mol. The third-order valence-corrected chi connectivity index (χ3v) is 4.49. The van der Waals surface area contributed by atoms with Gasteiger partial charge in [0.15, 0.2) is 0 Å². The first kappa shape index (κ1) is 19.6. The molecule has 0 spiro atoms. The van der Waals surface area contributed by atoms with Crippen molar-refractivity contribution in [2.75, 3.05) is 26.6 Å². The highest BCUT2D eigenvalue weighted by atomic mass is 19.1. The van der Waals surface area contributed by atoms with Crippen molar-refractivity contribution in [3.63, 3.8) is 0 Å². The van der Waals surface area contributed by atoms with Crippen LogP contribution < -0.4 is 5.43 Å². The molecule has 0 saturated heterocycles. The first-order valence-corrected chi connectivity index (χ1v) is 9.00. The summed E-state index contributed by atoms with van der Waals surface area (Å²) >= 11 is 0. The van der Waals surface area contributed by atoms with Crippen LogP contribution in [0.15, 0.2) is 76.8 Å². The maximum absolute atomic E-state index is 13.5. The van der Waals surface area contributed by atoms with Gasteiger partial charge < -0.3 is 10.5 Å². The van der Waals surface area contributed by atoms with Crippen molar-refractivity contribution in [3.8, 4) is 5.75 Å². The molecule has 5 heteroatoms.